The van der Waals surface area contributed by atoms with Crippen LogP contribution in [0.2, 0.25) is 0 Å². The molecular weight excluding hydrogens is 385 g/mol. The lowest BCUT2D eigenvalue weighted by Crippen LogP contribution is -2.24. The van der Waals surface area contributed by atoms with Gasteiger partial charge in [-0.3, -0.25) is 0 Å². The van der Waals surface area contributed by atoms with E-state index in [1.54, 1.807) is 7.11 Å². The van der Waals surface area contributed by atoms with Gasteiger partial charge in [-0.2, -0.15) is 0 Å². The second-order valence-corrected chi connectivity index (χ2v) is 5.60. The standard InChI is InChI=1S/C14H14IN3O3/c1-19-6-8-12(15)13(16)18-14(17-8)11-7-20-9-4-2-3-5-10(9)21-11/h2-5,11H,6-7H2,1H3,(H2,16,17,18). The van der Waals surface area contributed by atoms with Crippen molar-refractivity contribution >= 4 is 28.4 Å². The number of nitrogen functional groups attached to an aromatic ring is 1. The van der Waals surface area contributed by atoms with E-state index in [0.29, 0.717) is 30.6 Å². The Morgan fingerprint density at radius 2 is 2.10 bits per heavy atom. The van der Waals surface area contributed by atoms with Crippen LogP contribution in [0.15, 0.2) is 24.3 Å². The van der Waals surface area contributed by atoms with Gasteiger partial charge in [0.25, 0.3) is 0 Å². The Balaban J connectivity index is 1.91. The number of benzene rings is 1. The van der Waals surface area contributed by atoms with Crippen LogP contribution in [0, 0.1) is 3.57 Å². The van der Waals surface area contributed by atoms with E-state index in [4.69, 9.17) is 19.9 Å². The summed E-state index contributed by atoms with van der Waals surface area (Å²) >= 11 is 2.11. The number of para-hydroxylation sites is 2. The molecule has 0 radical (unpaired) electrons. The second kappa shape index (κ2) is 6.02. The summed E-state index contributed by atoms with van der Waals surface area (Å²) in [6, 6.07) is 7.52. The Morgan fingerprint density at radius 3 is 2.86 bits per heavy atom. The first-order valence-electron chi connectivity index (χ1n) is 6.38. The fraction of sp³-hybridized carbons (Fsp3) is 0.286. The summed E-state index contributed by atoms with van der Waals surface area (Å²) in [7, 11) is 1.62. The van der Waals surface area contributed by atoms with Crippen molar-refractivity contribution in [1.29, 1.82) is 0 Å². The molecule has 21 heavy (non-hydrogen) atoms. The molecule has 1 aromatic carbocycles. The summed E-state index contributed by atoms with van der Waals surface area (Å²) in [5.74, 6) is 2.34. The van der Waals surface area contributed by atoms with Crippen molar-refractivity contribution in [2.24, 2.45) is 0 Å². The summed E-state index contributed by atoms with van der Waals surface area (Å²) in [4.78, 5) is 8.80. The molecule has 7 heteroatoms. The normalized spacial score (nSPS) is 16.8. The van der Waals surface area contributed by atoms with E-state index >= 15 is 0 Å². The van der Waals surface area contributed by atoms with Crippen molar-refractivity contribution in [3.63, 3.8) is 0 Å². The molecule has 1 aliphatic heterocycles. The third-order valence-electron chi connectivity index (χ3n) is 3.04. The summed E-state index contributed by atoms with van der Waals surface area (Å²) in [6.45, 7) is 0.728. The first-order valence-corrected chi connectivity index (χ1v) is 7.46. The minimum Gasteiger partial charge on any atom is -0.485 e. The average molecular weight is 399 g/mol. The van der Waals surface area contributed by atoms with Crippen molar-refractivity contribution in [3.8, 4) is 11.5 Å². The van der Waals surface area contributed by atoms with Crippen molar-refractivity contribution in [2.45, 2.75) is 12.7 Å². The molecule has 1 aliphatic rings. The number of aromatic nitrogens is 2. The molecule has 0 saturated heterocycles. The lowest BCUT2D eigenvalue weighted by atomic mass is 10.2. The van der Waals surface area contributed by atoms with E-state index in [-0.39, 0.29) is 6.10 Å². The molecule has 0 spiro atoms. The van der Waals surface area contributed by atoms with Gasteiger partial charge in [-0.25, -0.2) is 9.97 Å². The van der Waals surface area contributed by atoms with Crippen LogP contribution >= 0.6 is 22.6 Å². The van der Waals surface area contributed by atoms with Gasteiger partial charge in [0, 0.05) is 7.11 Å². The van der Waals surface area contributed by atoms with Crippen molar-refractivity contribution < 1.29 is 14.2 Å². The van der Waals surface area contributed by atoms with Crippen LogP contribution in [0.1, 0.15) is 17.6 Å². The van der Waals surface area contributed by atoms with Gasteiger partial charge in [0.2, 0.25) is 0 Å². The van der Waals surface area contributed by atoms with E-state index in [2.05, 4.69) is 32.6 Å². The third-order valence-corrected chi connectivity index (χ3v) is 4.22. The summed E-state index contributed by atoms with van der Waals surface area (Å²) in [5.41, 5.74) is 6.70. The number of hydrogen-bond acceptors (Lipinski definition) is 6. The van der Waals surface area contributed by atoms with Gasteiger partial charge in [-0.15, -0.1) is 0 Å². The quantitative estimate of drug-likeness (QED) is 0.799. The van der Waals surface area contributed by atoms with Crippen molar-refractivity contribution in [3.05, 3.63) is 39.4 Å². The number of fused-ring (bicyclic) bond motifs is 1. The maximum atomic E-state index is 5.94. The molecule has 1 atom stereocenters. The van der Waals surface area contributed by atoms with E-state index in [1.807, 2.05) is 24.3 Å². The van der Waals surface area contributed by atoms with Crippen LogP contribution < -0.4 is 15.2 Å². The van der Waals surface area contributed by atoms with Gasteiger partial charge in [0.1, 0.15) is 12.4 Å². The van der Waals surface area contributed by atoms with Gasteiger partial charge >= 0.3 is 0 Å². The predicted molar refractivity (Wildman–Crippen MR) is 85.2 cm³/mol. The average Bonchev–Trinajstić information content (AvgIpc) is 2.51. The molecule has 1 aromatic heterocycles. The van der Waals surface area contributed by atoms with Crippen LogP contribution in [-0.2, 0) is 11.3 Å². The number of nitrogens with zero attached hydrogens (tertiary/aromatic N) is 2. The van der Waals surface area contributed by atoms with E-state index in [1.165, 1.54) is 0 Å². The highest BCUT2D eigenvalue weighted by atomic mass is 127. The van der Waals surface area contributed by atoms with Gasteiger partial charge in [0.05, 0.1) is 15.9 Å². The Labute approximate surface area is 135 Å². The zero-order chi connectivity index (χ0) is 14.8. The largest absolute Gasteiger partial charge is 0.485 e. The van der Waals surface area contributed by atoms with Gasteiger partial charge < -0.3 is 19.9 Å². The van der Waals surface area contributed by atoms with E-state index in [0.717, 1.165) is 15.0 Å². The minimum absolute atomic E-state index is 0.351. The molecule has 3 rings (SSSR count). The molecule has 6 nitrogen and oxygen atoms in total. The van der Waals surface area contributed by atoms with Crippen LogP contribution in [0.3, 0.4) is 0 Å². The zero-order valence-electron chi connectivity index (χ0n) is 11.4. The molecule has 0 amide bonds. The minimum atomic E-state index is -0.380. The predicted octanol–water partition coefficient (Wildman–Crippen LogP) is 2.32. The number of hydrogen-bond donors (Lipinski definition) is 1. The first kappa shape index (κ1) is 14.3. The van der Waals surface area contributed by atoms with Gasteiger partial charge in [-0.05, 0) is 34.7 Å². The molecular formula is C14H14IN3O3. The molecule has 0 fully saturated rings. The molecule has 110 valence electrons. The number of methoxy groups -OCH3 is 1. The first-order chi connectivity index (χ1) is 10.2. The number of ether oxygens (including phenoxy) is 3. The highest BCUT2D eigenvalue weighted by Crippen LogP contribution is 2.35. The fourth-order valence-electron chi connectivity index (χ4n) is 2.06. The SMILES string of the molecule is COCc1nc(C2COc3ccccc3O2)nc(N)c1I. The van der Waals surface area contributed by atoms with Crippen molar-refractivity contribution in [2.75, 3.05) is 19.5 Å². The number of nitrogens with two attached hydrogens (primary N) is 1. The smallest absolute Gasteiger partial charge is 0.192 e. The maximum Gasteiger partial charge on any atom is 0.192 e. The Bertz CT molecular complexity index is 666. The van der Waals surface area contributed by atoms with Crippen LogP contribution in [-0.4, -0.2) is 23.7 Å². The van der Waals surface area contributed by atoms with Crippen LogP contribution in [0.5, 0.6) is 11.5 Å². The third kappa shape index (κ3) is 2.88. The molecule has 0 bridgehead atoms. The molecule has 0 saturated carbocycles. The molecule has 0 aliphatic carbocycles. The van der Waals surface area contributed by atoms with Crippen molar-refractivity contribution in [1.82, 2.24) is 9.97 Å². The Kier molecular flexibility index (Phi) is 4.11. The summed E-state index contributed by atoms with van der Waals surface area (Å²) < 4.78 is 17.5. The molecule has 1 unspecified atom stereocenters. The topological polar surface area (TPSA) is 79.5 Å². The highest BCUT2D eigenvalue weighted by Gasteiger charge is 2.26. The lowest BCUT2D eigenvalue weighted by molar-refractivity contribution is 0.0844. The summed E-state index contributed by atoms with van der Waals surface area (Å²) in [6.07, 6.45) is -0.380. The number of halogens is 1. The van der Waals surface area contributed by atoms with Gasteiger partial charge in [0.15, 0.2) is 23.4 Å². The Morgan fingerprint density at radius 1 is 1.33 bits per heavy atom. The monoisotopic (exact) mass is 399 g/mol. The van der Waals surface area contributed by atoms with Crippen LogP contribution in [0.25, 0.3) is 0 Å². The molecule has 2 heterocycles. The second-order valence-electron chi connectivity index (χ2n) is 4.52. The van der Waals surface area contributed by atoms with E-state index < -0.39 is 0 Å². The van der Waals surface area contributed by atoms with Crippen LogP contribution in [0.4, 0.5) is 5.82 Å². The molecule has 2 N–H and O–H groups in total. The number of anilines is 1. The van der Waals surface area contributed by atoms with E-state index in [9.17, 15) is 0 Å². The fourth-order valence-corrected chi connectivity index (χ4v) is 2.45. The van der Waals surface area contributed by atoms with Gasteiger partial charge in [-0.1, -0.05) is 12.1 Å². The Hall–Kier alpha value is -1.61. The zero-order valence-corrected chi connectivity index (χ0v) is 13.5. The summed E-state index contributed by atoms with van der Waals surface area (Å²) in [5, 5.41) is 0. The number of rotatable bonds is 3. The molecule has 2 aromatic rings. The highest BCUT2D eigenvalue weighted by molar-refractivity contribution is 14.1. The lowest BCUT2D eigenvalue weighted by Gasteiger charge is -2.25. The maximum absolute atomic E-state index is 5.94.